The first-order valence-electron chi connectivity index (χ1n) is 32.0. The van der Waals surface area contributed by atoms with Crippen LogP contribution in [-0.4, -0.2) is 0 Å². The molecule has 1 aliphatic carbocycles. The van der Waals surface area contributed by atoms with Gasteiger partial charge < -0.3 is 9.80 Å². The summed E-state index contributed by atoms with van der Waals surface area (Å²) in [6.07, 6.45) is 8.97. The van der Waals surface area contributed by atoms with Gasteiger partial charge in [-0.3, -0.25) is 0 Å². The standard InChI is InChI=1S/C86H88N2/c1-57-23-49-79(59(3)51-57)87(71-45-37-67(38-46-71)63-29-25-61(26-30-63)65-33-41-69(42-34-65)85(11,12)55-83(5,6)7)81-53-77-74-20-16-18-22-76(74)82(54-78(77)73-19-15-17-21-75(73)81)88(80-50-24-58(2)52-60(80)4)72-47-39-68(40-48-72)64-31-27-62(28-32-64)66-35-43-70(44-36-66)86(13,14)56-84(8,9)10/h15-17,19-21,23-54H,18,22,55-56H2,1-14H3. The van der Waals surface area contributed by atoms with Gasteiger partial charge in [0.2, 0.25) is 0 Å². The molecule has 0 aromatic heterocycles. The van der Waals surface area contributed by atoms with Crippen LogP contribution in [0.1, 0.15) is 133 Å². The lowest BCUT2D eigenvalue weighted by Gasteiger charge is -2.33. The first kappa shape index (κ1) is 59.6. The molecule has 0 fully saturated rings. The second-order valence-electron chi connectivity index (χ2n) is 29.2. The highest BCUT2D eigenvalue weighted by atomic mass is 15.2. The molecule has 0 saturated carbocycles. The Morgan fingerprint density at radius 3 is 1.07 bits per heavy atom. The summed E-state index contributed by atoms with van der Waals surface area (Å²) in [7, 11) is 0. The van der Waals surface area contributed by atoms with E-state index in [1.807, 2.05) is 0 Å². The maximum atomic E-state index is 2.54. The summed E-state index contributed by atoms with van der Waals surface area (Å²) < 4.78 is 0. The van der Waals surface area contributed by atoms with Gasteiger partial charge in [-0.2, -0.15) is 0 Å². The van der Waals surface area contributed by atoms with Crippen molar-refractivity contribution in [3.63, 3.8) is 0 Å². The molecule has 2 heteroatoms. The van der Waals surface area contributed by atoms with Crippen molar-refractivity contribution in [1.82, 2.24) is 0 Å². The van der Waals surface area contributed by atoms with E-state index >= 15 is 0 Å². The average Bonchev–Trinajstić information content (AvgIpc) is 0.811. The second kappa shape index (κ2) is 23.4. The lowest BCUT2D eigenvalue weighted by molar-refractivity contribution is 0.283. The first-order valence-corrected chi connectivity index (χ1v) is 32.0. The largest absolute Gasteiger partial charge is 0.310 e. The van der Waals surface area contributed by atoms with Crippen molar-refractivity contribution >= 4 is 61.7 Å². The van der Waals surface area contributed by atoms with Crippen molar-refractivity contribution in [1.29, 1.82) is 0 Å². The minimum atomic E-state index is 0.109. The fourth-order valence-corrected chi connectivity index (χ4v) is 14.9. The zero-order valence-corrected chi connectivity index (χ0v) is 54.7. The van der Waals surface area contributed by atoms with Crippen LogP contribution in [0.3, 0.4) is 0 Å². The molecule has 11 aromatic rings. The molecule has 0 amide bonds. The quantitative estimate of drug-likeness (QED) is 0.100. The number of hydrogen-bond donors (Lipinski definition) is 0. The van der Waals surface area contributed by atoms with Crippen molar-refractivity contribution in [2.45, 2.75) is 133 Å². The number of fused-ring (bicyclic) bond motifs is 5. The van der Waals surface area contributed by atoms with E-state index in [4.69, 9.17) is 0 Å². The van der Waals surface area contributed by atoms with Gasteiger partial charge in [-0.05, 0) is 218 Å². The molecule has 1 aliphatic rings. The lowest BCUT2D eigenvalue weighted by atomic mass is 9.72. The lowest BCUT2D eigenvalue weighted by Crippen LogP contribution is -2.24. The third-order valence-corrected chi connectivity index (χ3v) is 18.4. The Kier molecular flexibility index (Phi) is 15.9. The number of rotatable bonds is 14. The van der Waals surface area contributed by atoms with E-state index in [1.54, 1.807) is 0 Å². The number of anilines is 6. The summed E-state index contributed by atoms with van der Waals surface area (Å²) in [6, 6.07) is 83.1. The molecule has 0 atom stereocenters. The van der Waals surface area contributed by atoms with Gasteiger partial charge in [0.15, 0.2) is 0 Å². The molecule has 0 bridgehead atoms. The molecule has 442 valence electrons. The smallest absolute Gasteiger partial charge is 0.0546 e. The number of aryl methyl sites for hydroxylation is 4. The molecule has 2 nitrogen and oxygen atoms in total. The van der Waals surface area contributed by atoms with Crippen LogP contribution >= 0.6 is 0 Å². The molecule has 0 spiro atoms. The number of allylic oxidation sites excluding steroid dienone is 1. The molecule has 11 aromatic carbocycles. The molecule has 0 N–H and O–H groups in total. The van der Waals surface area contributed by atoms with Crippen LogP contribution in [0.4, 0.5) is 34.1 Å². The fraction of sp³-hybridized carbons (Fsp3) is 0.256. The average molecular weight is 1150 g/mol. The Morgan fingerprint density at radius 1 is 0.330 bits per heavy atom. The fourth-order valence-electron chi connectivity index (χ4n) is 14.9. The summed E-state index contributed by atoms with van der Waals surface area (Å²) in [4.78, 5) is 5.05. The summed E-state index contributed by atoms with van der Waals surface area (Å²) in [6.45, 7) is 32.4. The molecule has 0 aliphatic heterocycles. The van der Waals surface area contributed by atoms with Crippen molar-refractivity contribution in [3.8, 4) is 44.5 Å². The maximum Gasteiger partial charge on any atom is 0.0546 e. The first-order chi connectivity index (χ1) is 42.0. The monoisotopic (exact) mass is 1150 g/mol. The third-order valence-electron chi connectivity index (χ3n) is 18.4. The van der Waals surface area contributed by atoms with Gasteiger partial charge >= 0.3 is 0 Å². The van der Waals surface area contributed by atoms with E-state index in [-0.39, 0.29) is 21.7 Å². The minimum absolute atomic E-state index is 0.109. The predicted octanol–water partition coefficient (Wildman–Crippen LogP) is 25.2. The Balaban J connectivity index is 0.908. The molecule has 0 saturated heterocycles. The van der Waals surface area contributed by atoms with Gasteiger partial charge in [-0.25, -0.2) is 0 Å². The Labute approximate surface area is 526 Å². The van der Waals surface area contributed by atoms with Crippen LogP contribution in [0.5, 0.6) is 0 Å². The van der Waals surface area contributed by atoms with Crippen LogP contribution in [0.15, 0.2) is 224 Å². The highest BCUT2D eigenvalue weighted by Gasteiger charge is 2.30. The normalized spacial score (nSPS) is 12.8. The summed E-state index contributed by atoms with van der Waals surface area (Å²) in [5.41, 5.74) is 27.9. The van der Waals surface area contributed by atoms with E-state index < -0.39 is 0 Å². The van der Waals surface area contributed by atoms with Gasteiger partial charge in [-0.15, -0.1) is 0 Å². The van der Waals surface area contributed by atoms with Crippen molar-refractivity contribution in [2.24, 2.45) is 10.8 Å². The molecule has 12 rings (SSSR count). The van der Waals surface area contributed by atoms with E-state index in [2.05, 4.69) is 337 Å². The van der Waals surface area contributed by atoms with Crippen molar-refractivity contribution < 1.29 is 0 Å². The van der Waals surface area contributed by atoms with Gasteiger partial charge in [0, 0.05) is 28.1 Å². The predicted molar refractivity (Wildman–Crippen MR) is 383 cm³/mol. The van der Waals surface area contributed by atoms with Gasteiger partial charge in [0.1, 0.15) is 0 Å². The van der Waals surface area contributed by atoms with Gasteiger partial charge in [-0.1, -0.05) is 262 Å². The third kappa shape index (κ3) is 12.3. The zero-order valence-electron chi connectivity index (χ0n) is 54.7. The summed E-state index contributed by atoms with van der Waals surface area (Å²) in [5.74, 6) is 0. The van der Waals surface area contributed by atoms with Gasteiger partial charge in [0.25, 0.3) is 0 Å². The summed E-state index contributed by atoms with van der Waals surface area (Å²) in [5, 5.41) is 4.94. The number of nitrogens with zero attached hydrogens (tertiary/aromatic N) is 2. The Morgan fingerprint density at radius 2 is 0.682 bits per heavy atom. The topological polar surface area (TPSA) is 6.48 Å². The molecule has 0 heterocycles. The molecular formula is C86H88N2. The SMILES string of the molecule is Cc1ccc(N(c2ccc(-c3ccc(-c4ccc(C(C)(C)CC(C)(C)C)cc4)cc3)cc2)c2cc3c(cc(N(c4ccc(-c5ccc(-c6ccc(C(C)(C)CC(C)(C)C)cc6)cc5)cc4)c4ccc(C)cc4C)c4ccccc43)c3c2CCC=C3)c(C)c1. The number of benzene rings is 11. The Bertz CT molecular complexity index is 4370. The zero-order chi connectivity index (χ0) is 61.9. The van der Waals surface area contributed by atoms with E-state index in [0.717, 1.165) is 42.7 Å². The molecule has 0 radical (unpaired) electrons. The van der Waals surface area contributed by atoms with Crippen LogP contribution < -0.4 is 9.80 Å². The van der Waals surface area contributed by atoms with Crippen LogP contribution in [-0.2, 0) is 17.3 Å². The second-order valence-corrected chi connectivity index (χ2v) is 29.2. The van der Waals surface area contributed by atoms with E-state index in [9.17, 15) is 0 Å². The minimum Gasteiger partial charge on any atom is -0.310 e. The van der Waals surface area contributed by atoms with E-state index in [1.165, 1.54) is 128 Å². The highest BCUT2D eigenvalue weighted by molar-refractivity contribution is 6.18. The molecule has 0 unspecified atom stereocenters. The summed E-state index contributed by atoms with van der Waals surface area (Å²) >= 11 is 0. The van der Waals surface area contributed by atoms with E-state index in [0.29, 0.717) is 0 Å². The van der Waals surface area contributed by atoms with Crippen LogP contribution in [0.2, 0.25) is 0 Å². The molecular weight excluding hydrogens is 1060 g/mol. The highest BCUT2D eigenvalue weighted by Crippen LogP contribution is 2.50. The van der Waals surface area contributed by atoms with Crippen LogP contribution in [0, 0.1) is 38.5 Å². The molecule has 88 heavy (non-hydrogen) atoms. The van der Waals surface area contributed by atoms with Crippen molar-refractivity contribution in [2.75, 3.05) is 9.80 Å². The number of hydrogen-bond acceptors (Lipinski definition) is 2. The van der Waals surface area contributed by atoms with Crippen LogP contribution in [0.25, 0.3) is 72.1 Å². The maximum absolute atomic E-state index is 2.54. The Hall–Kier alpha value is -8.72. The van der Waals surface area contributed by atoms with Gasteiger partial charge in [0.05, 0.1) is 11.4 Å². The van der Waals surface area contributed by atoms with Crippen molar-refractivity contribution in [3.05, 3.63) is 269 Å².